The number of nitrogens with two attached hydrogens (primary N) is 1. The molecule has 0 radical (unpaired) electrons. The van der Waals surface area contributed by atoms with Crippen molar-refractivity contribution in [3.8, 4) is 11.3 Å². The number of nitrogen functional groups attached to an aromatic ring is 1. The summed E-state index contributed by atoms with van der Waals surface area (Å²) in [5.74, 6) is 0.569. The van der Waals surface area contributed by atoms with Gasteiger partial charge in [-0.1, -0.05) is 23.8 Å². The Hall–Kier alpha value is -3.51. The topological polar surface area (TPSA) is 75.3 Å². The second-order valence-corrected chi connectivity index (χ2v) is 10.2. The first-order valence-corrected chi connectivity index (χ1v) is 12.6. The average molecular weight is 484 g/mol. The lowest BCUT2D eigenvalue weighted by atomic mass is 9.85. The largest absolute Gasteiger partial charge is 0.397 e. The van der Waals surface area contributed by atoms with E-state index in [1.54, 1.807) is 25.2 Å². The summed E-state index contributed by atoms with van der Waals surface area (Å²) in [6.45, 7) is 8.54. The maximum absolute atomic E-state index is 12.2. The van der Waals surface area contributed by atoms with Gasteiger partial charge in [0.25, 0.3) is 5.91 Å². The number of nitrogens with zero attached hydrogens (tertiary/aromatic N) is 4. The number of piperidine rings is 1. The number of likely N-dealkylation sites (tertiary alicyclic amines) is 1. The van der Waals surface area contributed by atoms with Gasteiger partial charge in [-0.2, -0.15) is 0 Å². The Labute approximate surface area is 214 Å². The third-order valence-electron chi connectivity index (χ3n) is 7.14. The van der Waals surface area contributed by atoms with E-state index >= 15 is 0 Å². The van der Waals surface area contributed by atoms with E-state index in [2.05, 4.69) is 46.9 Å². The Morgan fingerprint density at radius 3 is 2.53 bits per heavy atom. The number of aromatic nitrogens is 2. The second-order valence-electron chi connectivity index (χ2n) is 10.2. The molecule has 0 saturated carbocycles. The van der Waals surface area contributed by atoms with Crippen LogP contribution in [0.4, 0.5) is 5.69 Å². The summed E-state index contributed by atoms with van der Waals surface area (Å²) in [6, 6.07) is 14.5. The Morgan fingerprint density at radius 1 is 1.14 bits per heavy atom. The number of anilines is 1. The third-order valence-corrected chi connectivity index (χ3v) is 7.14. The number of hydrogen-bond acceptors (Lipinski definition) is 5. The fourth-order valence-electron chi connectivity index (χ4n) is 5.07. The minimum absolute atomic E-state index is 0.0474. The van der Waals surface area contributed by atoms with Crippen LogP contribution in [0.25, 0.3) is 17.3 Å². The Kier molecular flexibility index (Phi) is 7.85. The van der Waals surface area contributed by atoms with E-state index < -0.39 is 0 Å². The van der Waals surface area contributed by atoms with Gasteiger partial charge >= 0.3 is 0 Å². The molecular formula is C30H37N5O. The van der Waals surface area contributed by atoms with Gasteiger partial charge < -0.3 is 10.6 Å². The van der Waals surface area contributed by atoms with E-state index in [1.807, 2.05) is 43.5 Å². The Balaban J connectivity index is 1.44. The van der Waals surface area contributed by atoms with Gasteiger partial charge in [-0.15, -0.1) is 0 Å². The van der Waals surface area contributed by atoms with Crippen molar-refractivity contribution in [2.75, 3.05) is 32.9 Å². The van der Waals surface area contributed by atoms with E-state index in [4.69, 9.17) is 5.73 Å². The minimum atomic E-state index is 0.0474. The molecule has 1 aromatic carbocycles. The summed E-state index contributed by atoms with van der Waals surface area (Å²) in [5.41, 5.74) is 14.0. The number of benzene rings is 1. The van der Waals surface area contributed by atoms with E-state index in [-0.39, 0.29) is 5.91 Å². The number of amides is 1. The Bertz CT molecular complexity index is 1230. The quantitative estimate of drug-likeness (QED) is 0.508. The minimum Gasteiger partial charge on any atom is -0.397 e. The number of hydrogen-bond donors (Lipinski definition) is 1. The standard InChI is InChI=1S/C30H37N5O/c1-20(16-28-22(3)32-14-12-27(28)29-11-10-26(31)18-33-29)19-35-15-13-25(17-21(35)2)23-6-8-24(9-7-23)30(36)34(4)5/h6-12,14,16,18,21,25H,13,15,17,19,31H2,1-5H3/b20-16+. The van der Waals surface area contributed by atoms with Gasteiger partial charge in [-0.25, -0.2) is 0 Å². The van der Waals surface area contributed by atoms with Gasteiger partial charge in [-0.05, 0) is 82.0 Å². The molecule has 2 unspecified atom stereocenters. The zero-order chi connectivity index (χ0) is 25.8. The first kappa shape index (κ1) is 25.6. The predicted molar refractivity (Wildman–Crippen MR) is 148 cm³/mol. The van der Waals surface area contributed by atoms with Crippen molar-refractivity contribution < 1.29 is 4.79 Å². The van der Waals surface area contributed by atoms with Crippen molar-refractivity contribution in [1.29, 1.82) is 0 Å². The van der Waals surface area contributed by atoms with Gasteiger partial charge in [-0.3, -0.25) is 19.7 Å². The summed E-state index contributed by atoms with van der Waals surface area (Å²) in [6.07, 6.45) is 8.02. The van der Waals surface area contributed by atoms with Crippen molar-refractivity contribution in [3.05, 3.63) is 82.8 Å². The van der Waals surface area contributed by atoms with Crippen LogP contribution in [-0.2, 0) is 0 Å². The highest BCUT2D eigenvalue weighted by Gasteiger charge is 2.26. The number of carbonyl (C=O) groups excluding carboxylic acids is 1. The van der Waals surface area contributed by atoms with Crippen LogP contribution in [0.5, 0.6) is 0 Å². The van der Waals surface area contributed by atoms with Crippen LogP contribution < -0.4 is 5.73 Å². The highest BCUT2D eigenvalue weighted by molar-refractivity contribution is 5.93. The summed E-state index contributed by atoms with van der Waals surface area (Å²) in [5, 5.41) is 0. The molecule has 36 heavy (non-hydrogen) atoms. The van der Waals surface area contributed by atoms with E-state index in [0.29, 0.717) is 17.6 Å². The molecule has 4 rings (SSSR count). The van der Waals surface area contributed by atoms with Gasteiger partial charge in [0.1, 0.15) is 0 Å². The van der Waals surface area contributed by atoms with Gasteiger partial charge in [0.2, 0.25) is 0 Å². The molecule has 1 amide bonds. The fraction of sp³-hybridized carbons (Fsp3) is 0.367. The zero-order valence-electron chi connectivity index (χ0n) is 22.0. The van der Waals surface area contributed by atoms with Crippen LogP contribution in [0.1, 0.15) is 59.8 Å². The van der Waals surface area contributed by atoms with Crippen LogP contribution >= 0.6 is 0 Å². The second kappa shape index (κ2) is 11.0. The number of carbonyl (C=O) groups is 1. The maximum Gasteiger partial charge on any atom is 0.253 e. The first-order valence-electron chi connectivity index (χ1n) is 12.6. The van der Waals surface area contributed by atoms with Gasteiger partial charge in [0.05, 0.1) is 17.6 Å². The number of rotatable bonds is 6. The SMILES string of the molecule is C/C(=C\c1c(-c2ccc(N)cn2)ccnc1C)CN1CCC(c2ccc(C(=O)N(C)C)cc2)CC1C. The van der Waals surface area contributed by atoms with E-state index in [9.17, 15) is 4.79 Å². The molecule has 1 aliphatic heterocycles. The molecule has 0 bridgehead atoms. The Morgan fingerprint density at radius 2 is 1.89 bits per heavy atom. The molecule has 0 spiro atoms. The highest BCUT2D eigenvalue weighted by Crippen LogP contribution is 2.33. The van der Waals surface area contributed by atoms with Crippen LogP contribution in [0, 0.1) is 6.92 Å². The van der Waals surface area contributed by atoms with E-state index in [0.717, 1.165) is 54.0 Å². The molecule has 188 valence electrons. The molecule has 0 aliphatic carbocycles. The summed E-state index contributed by atoms with van der Waals surface area (Å²) in [4.78, 5) is 25.5. The van der Waals surface area contributed by atoms with Gasteiger partial charge in [0.15, 0.2) is 0 Å². The predicted octanol–water partition coefficient (Wildman–Crippen LogP) is 5.41. The van der Waals surface area contributed by atoms with Crippen molar-refractivity contribution in [1.82, 2.24) is 19.8 Å². The zero-order valence-corrected chi connectivity index (χ0v) is 22.0. The van der Waals surface area contributed by atoms with Crippen LogP contribution in [0.15, 0.2) is 60.4 Å². The molecule has 6 nitrogen and oxygen atoms in total. The molecule has 3 heterocycles. The summed E-state index contributed by atoms with van der Waals surface area (Å²) < 4.78 is 0. The molecule has 1 saturated heterocycles. The van der Waals surface area contributed by atoms with Crippen LogP contribution in [0.3, 0.4) is 0 Å². The maximum atomic E-state index is 12.2. The molecule has 2 N–H and O–H groups in total. The first-order chi connectivity index (χ1) is 17.2. The molecule has 6 heteroatoms. The van der Waals surface area contributed by atoms with Crippen LogP contribution in [-0.4, -0.2) is 58.9 Å². The molecule has 1 fully saturated rings. The average Bonchev–Trinajstić information content (AvgIpc) is 2.86. The molecule has 2 aromatic heterocycles. The summed E-state index contributed by atoms with van der Waals surface area (Å²) in [7, 11) is 3.57. The van der Waals surface area contributed by atoms with E-state index in [1.165, 1.54) is 11.1 Å². The number of pyridine rings is 2. The normalized spacial score (nSPS) is 18.8. The summed E-state index contributed by atoms with van der Waals surface area (Å²) >= 11 is 0. The van der Waals surface area contributed by atoms with Crippen molar-refractivity contribution in [2.24, 2.45) is 0 Å². The smallest absolute Gasteiger partial charge is 0.253 e. The van der Waals surface area contributed by atoms with Gasteiger partial charge in [0, 0.05) is 55.3 Å². The fourth-order valence-corrected chi connectivity index (χ4v) is 5.07. The lowest BCUT2D eigenvalue weighted by Gasteiger charge is -2.38. The molecule has 2 atom stereocenters. The van der Waals surface area contributed by atoms with Crippen molar-refractivity contribution in [2.45, 2.75) is 45.6 Å². The molecule has 3 aromatic rings. The molecule has 1 aliphatic rings. The highest BCUT2D eigenvalue weighted by atomic mass is 16.2. The van der Waals surface area contributed by atoms with Crippen molar-refractivity contribution in [3.63, 3.8) is 0 Å². The monoisotopic (exact) mass is 483 g/mol. The number of aryl methyl sites for hydroxylation is 1. The molecular weight excluding hydrogens is 446 g/mol. The lowest BCUT2D eigenvalue weighted by Crippen LogP contribution is -2.40. The lowest BCUT2D eigenvalue weighted by molar-refractivity contribution is 0.0827. The van der Waals surface area contributed by atoms with Crippen LogP contribution in [0.2, 0.25) is 0 Å². The van der Waals surface area contributed by atoms with Crippen molar-refractivity contribution >= 4 is 17.7 Å². The third kappa shape index (κ3) is 5.82.